The Morgan fingerprint density at radius 1 is 1.37 bits per heavy atom. The zero-order valence-electron chi connectivity index (χ0n) is 11.8. The maximum atomic E-state index is 5.61. The van der Waals surface area contributed by atoms with E-state index in [1.165, 1.54) is 5.56 Å². The standard InChI is InChI=1S/C14H19N3OS/c1-5-16(4)9-17-14(19)18-13(15-17)12-7-6-10(2)8-11(12)3/h6-8H,5,9H2,1-4H3. The smallest absolute Gasteiger partial charge is 0.288 e. The summed E-state index contributed by atoms with van der Waals surface area (Å²) in [6, 6.07) is 6.20. The van der Waals surface area contributed by atoms with Crippen LogP contribution in [0.25, 0.3) is 11.5 Å². The fraction of sp³-hybridized carbons (Fsp3) is 0.429. The lowest BCUT2D eigenvalue weighted by Crippen LogP contribution is -2.22. The highest BCUT2D eigenvalue weighted by atomic mass is 32.1. The Kier molecular flexibility index (Phi) is 4.17. The molecule has 2 rings (SSSR count). The van der Waals surface area contributed by atoms with Gasteiger partial charge in [-0.3, -0.25) is 4.90 Å². The number of hydrogen-bond donors (Lipinski definition) is 0. The summed E-state index contributed by atoms with van der Waals surface area (Å²) in [6.07, 6.45) is 0. The highest BCUT2D eigenvalue weighted by Gasteiger charge is 2.11. The Labute approximate surface area is 118 Å². The van der Waals surface area contributed by atoms with E-state index in [0.29, 0.717) is 17.4 Å². The van der Waals surface area contributed by atoms with E-state index in [2.05, 4.69) is 42.9 Å². The van der Waals surface area contributed by atoms with Crippen LogP contribution in [0.3, 0.4) is 0 Å². The van der Waals surface area contributed by atoms with Crippen LogP contribution in [0.5, 0.6) is 0 Å². The van der Waals surface area contributed by atoms with Gasteiger partial charge in [-0.1, -0.05) is 24.6 Å². The molecule has 0 bridgehead atoms. The van der Waals surface area contributed by atoms with Crippen molar-refractivity contribution in [2.75, 3.05) is 13.6 Å². The number of hydrogen-bond acceptors (Lipinski definition) is 4. The molecule has 1 aromatic carbocycles. The summed E-state index contributed by atoms with van der Waals surface area (Å²) in [7, 11) is 2.02. The molecule has 0 unspecified atom stereocenters. The molecule has 0 spiro atoms. The van der Waals surface area contributed by atoms with E-state index < -0.39 is 0 Å². The first-order valence-electron chi connectivity index (χ1n) is 6.35. The summed E-state index contributed by atoms with van der Waals surface area (Å²) < 4.78 is 7.32. The van der Waals surface area contributed by atoms with E-state index in [-0.39, 0.29) is 0 Å². The van der Waals surface area contributed by atoms with Gasteiger partial charge in [0.25, 0.3) is 4.84 Å². The van der Waals surface area contributed by atoms with Gasteiger partial charge in [0.15, 0.2) is 0 Å². The van der Waals surface area contributed by atoms with Crippen LogP contribution in [0, 0.1) is 18.7 Å². The zero-order valence-corrected chi connectivity index (χ0v) is 12.6. The predicted octanol–water partition coefficient (Wildman–Crippen LogP) is 3.40. The maximum Gasteiger partial charge on any atom is 0.288 e. The first-order valence-corrected chi connectivity index (χ1v) is 6.76. The van der Waals surface area contributed by atoms with E-state index in [1.54, 1.807) is 4.68 Å². The van der Waals surface area contributed by atoms with Crippen LogP contribution in [0.2, 0.25) is 0 Å². The third-order valence-corrected chi connectivity index (χ3v) is 3.43. The van der Waals surface area contributed by atoms with Crippen LogP contribution in [0.1, 0.15) is 18.1 Å². The minimum absolute atomic E-state index is 0.412. The van der Waals surface area contributed by atoms with E-state index in [4.69, 9.17) is 16.6 Å². The Balaban J connectivity index is 2.36. The van der Waals surface area contributed by atoms with Crippen LogP contribution < -0.4 is 0 Å². The highest BCUT2D eigenvalue weighted by Crippen LogP contribution is 2.23. The van der Waals surface area contributed by atoms with Gasteiger partial charge in [0.1, 0.15) is 0 Å². The SMILES string of the molecule is CCN(C)Cn1nc(-c2ccc(C)cc2C)oc1=S. The summed E-state index contributed by atoms with van der Waals surface area (Å²) >= 11 is 5.22. The first-order chi connectivity index (χ1) is 9.01. The Hall–Kier alpha value is -1.46. The Bertz CT molecular complexity index is 630. The van der Waals surface area contributed by atoms with E-state index in [9.17, 15) is 0 Å². The van der Waals surface area contributed by atoms with Gasteiger partial charge in [0.2, 0.25) is 5.89 Å². The van der Waals surface area contributed by atoms with Crippen molar-refractivity contribution >= 4 is 12.2 Å². The second kappa shape index (κ2) is 5.67. The highest BCUT2D eigenvalue weighted by molar-refractivity contribution is 7.71. The van der Waals surface area contributed by atoms with E-state index >= 15 is 0 Å². The van der Waals surface area contributed by atoms with Crippen molar-refractivity contribution in [3.8, 4) is 11.5 Å². The Morgan fingerprint density at radius 3 is 2.74 bits per heavy atom. The second-order valence-electron chi connectivity index (χ2n) is 4.80. The van der Waals surface area contributed by atoms with Crippen molar-refractivity contribution in [3.63, 3.8) is 0 Å². The Morgan fingerprint density at radius 2 is 2.11 bits per heavy atom. The van der Waals surface area contributed by atoms with Crippen molar-refractivity contribution < 1.29 is 4.42 Å². The molecule has 2 aromatic rings. The largest absolute Gasteiger partial charge is 0.409 e. The normalized spacial score (nSPS) is 11.2. The summed E-state index contributed by atoms with van der Waals surface area (Å²) in [5, 5.41) is 4.46. The fourth-order valence-electron chi connectivity index (χ4n) is 1.89. The van der Waals surface area contributed by atoms with Crippen LogP contribution >= 0.6 is 12.2 Å². The molecule has 0 aliphatic heterocycles. The minimum atomic E-state index is 0.412. The molecule has 4 nitrogen and oxygen atoms in total. The summed E-state index contributed by atoms with van der Waals surface area (Å²) in [4.78, 5) is 2.53. The molecular weight excluding hydrogens is 258 g/mol. The van der Waals surface area contributed by atoms with Gasteiger partial charge < -0.3 is 4.42 Å². The van der Waals surface area contributed by atoms with Crippen molar-refractivity contribution in [1.82, 2.24) is 14.7 Å². The number of nitrogens with zero attached hydrogens (tertiary/aromatic N) is 3. The molecule has 1 aromatic heterocycles. The quantitative estimate of drug-likeness (QED) is 0.802. The topological polar surface area (TPSA) is 34.2 Å². The molecular formula is C14H19N3OS. The monoisotopic (exact) mass is 277 g/mol. The number of aryl methyl sites for hydroxylation is 2. The molecule has 19 heavy (non-hydrogen) atoms. The molecule has 0 saturated carbocycles. The van der Waals surface area contributed by atoms with Crippen LogP contribution in [0.4, 0.5) is 0 Å². The summed E-state index contributed by atoms with van der Waals surface area (Å²) in [6.45, 7) is 7.80. The van der Waals surface area contributed by atoms with Crippen molar-refractivity contribution in [2.45, 2.75) is 27.4 Å². The van der Waals surface area contributed by atoms with Gasteiger partial charge >= 0.3 is 0 Å². The molecule has 0 radical (unpaired) electrons. The van der Waals surface area contributed by atoms with Crippen LogP contribution in [0.15, 0.2) is 22.6 Å². The molecule has 0 saturated heterocycles. The summed E-state index contributed by atoms with van der Waals surface area (Å²) in [5.74, 6) is 0.590. The van der Waals surface area contributed by atoms with Crippen LogP contribution in [-0.2, 0) is 6.67 Å². The molecule has 1 heterocycles. The molecule has 5 heteroatoms. The van der Waals surface area contributed by atoms with Gasteiger partial charge in [-0.15, -0.1) is 5.10 Å². The van der Waals surface area contributed by atoms with E-state index in [1.807, 2.05) is 13.1 Å². The molecule has 0 fully saturated rings. The number of aromatic nitrogens is 2. The lowest BCUT2D eigenvalue weighted by Gasteiger charge is -2.12. The molecule has 0 amide bonds. The van der Waals surface area contributed by atoms with Gasteiger partial charge in [-0.25, -0.2) is 4.68 Å². The van der Waals surface area contributed by atoms with Crippen molar-refractivity contribution in [3.05, 3.63) is 34.2 Å². The lowest BCUT2D eigenvalue weighted by molar-refractivity contribution is 0.260. The van der Waals surface area contributed by atoms with Gasteiger partial charge in [0, 0.05) is 5.56 Å². The molecule has 0 atom stereocenters. The average Bonchev–Trinajstić information content (AvgIpc) is 2.70. The van der Waals surface area contributed by atoms with Crippen molar-refractivity contribution in [2.24, 2.45) is 0 Å². The zero-order chi connectivity index (χ0) is 14.0. The van der Waals surface area contributed by atoms with Gasteiger partial charge in [-0.2, -0.15) is 0 Å². The second-order valence-corrected chi connectivity index (χ2v) is 5.15. The summed E-state index contributed by atoms with van der Waals surface area (Å²) in [5.41, 5.74) is 3.37. The lowest BCUT2D eigenvalue weighted by atomic mass is 10.1. The van der Waals surface area contributed by atoms with Crippen LogP contribution in [-0.4, -0.2) is 28.3 Å². The first kappa shape index (κ1) is 14.0. The average molecular weight is 277 g/mol. The molecule has 0 N–H and O–H groups in total. The molecule has 0 aliphatic rings. The van der Waals surface area contributed by atoms with Crippen molar-refractivity contribution in [1.29, 1.82) is 0 Å². The third kappa shape index (κ3) is 3.11. The van der Waals surface area contributed by atoms with Gasteiger partial charge in [0.05, 0.1) is 6.67 Å². The maximum absolute atomic E-state index is 5.61. The molecule has 0 aliphatic carbocycles. The number of rotatable bonds is 4. The fourth-order valence-corrected chi connectivity index (χ4v) is 2.06. The van der Waals surface area contributed by atoms with Gasteiger partial charge in [-0.05, 0) is 51.3 Å². The van der Waals surface area contributed by atoms with E-state index in [0.717, 1.165) is 17.7 Å². The minimum Gasteiger partial charge on any atom is -0.409 e. The number of benzene rings is 1. The molecule has 102 valence electrons. The third-order valence-electron chi connectivity index (χ3n) is 3.13. The predicted molar refractivity (Wildman–Crippen MR) is 78.5 cm³/mol.